The number of rotatable bonds is 9. The highest BCUT2D eigenvalue weighted by Gasteiger charge is 2.59. The van der Waals surface area contributed by atoms with E-state index >= 15 is 0 Å². The number of aliphatic hydroxyl groups is 1. The van der Waals surface area contributed by atoms with E-state index in [0.29, 0.717) is 12.8 Å². The summed E-state index contributed by atoms with van der Waals surface area (Å²) >= 11 is 0. The second-order valence-electron chi connectivity index (χ2n) is 9.23. The Bertz CT molecular complexity index is 832. The smallest absolute Gasteiger partial charge is 0.345 e. The Balaban J connectivity index is 2.10. The zero-order valence-electron chi connectivity index (χ0n) is 20.4. The summed E-state index contributed by atoms with van der Waals surface area (Å²) in [7, 11) is 1.31. The molecule has 2 aliphatic heterocycles. The zero-order chi connectivity index (χ0) is 25.0. The molecule has 0 amide bonds. The van der Waals surface area contributed by atoms with Crippen LogP contribution in [0.5, 0.6) is 0 Å². The molecule has 0 spiro atoms. The number of hydrogen-bond donors (Lipinski definition) is 1. The van der Waals surface area contributed by atoms with Crippen LogP contribution in [0.25, 0.3) is 0 Å². The number of ether oxygens (including phenoxy) is 4. The molecule has 184 valence electrons. The number of cyclic esters (lactones) is 1. The van der Waals surface area contributed by atoms with Gasteiger partial charge in [-0.1, -0.05) is 38.5 Å². The largest absolute Gasteiger partial charge is 0.511 e. The second kappa shape index (κ2) is 10.7. The summed E-state index contributed by atoms with van der Waals surface area (Å²) in [4.78, 5) is 36.8. The van der Waals surface area contributed by atoms with Crippen molar-refractivity contribution in [1.29, 1.82) is 0 Å². The number of Topliss-reactive ketones (excluding diaryl/α,β-unsaturated/α-hetero) is 1. The maximum atomic E-state index is 12.8. The number of carbonyl (C=O) groups is 3. The zero-order valence-corrected chi connectivity index (χ0v) is 20.4. The van der Waals surface area contributed by atoms with Crippen molar-refractivity contribution in [2.75, 3.05) is 7.11 Å². The fourth-order valence-electron chi connectivity index (χ4n) is 4.11. The minimum absolute atomic E-state index is 0.0396. The Morgan fingerprint density at radius 2 is 2.00 bits per heavy atom. The molecular formula is C25H36O8. The van der Waals surface area contributed by atoms with Gasteiger partial charge in [0.15, 0.2) is 11.6 Å². The Labute approximate surface area is 195 Å². The van der Waals surface area contributed by atoms with E-state index in [1.165, 1.54) is 7.11 Å². The SMILES string of the molecule is C=C(C/C=C/[C@]1(C(=O)OC)OC(C)(C)O[C@@H]1[C@@H](C)CC)CC/C(O)=C1/C(=O)C[C@@H](C)OC1=O. The fraction of sp³-hybridized carbons (Fsp3) is 0.640. The Kier molecular flexibility index (Phi) is 8.65. The van der Waals surface area contributed by atoms with Crippen molar-refractivity contribution in [1.82, 2.24) is 0 Å². The van der Waals surface area contributed by atoms with Gasteiger partial charge in [0.2, 0.25) is 5.60 Å². The number of aliphatic hydroxyl groups excluding tert-OH is 1. The van der Waals surface area contributed by atoms with E-state index in [1.807, 2.05) is 13.8 Å². The first-order valence-electron chi connectivity index (χ1n) is 11.3. The molecule has 0 unspecified atom stereocenters. The van der Waals surface area contributed by atoms with E-state index in [-0.39, 0.29) is 30.1 Å². The summed E-state index contributed by atoms with van der Waals surface area (Å²) in [5.74, 6) is -2.96. The molecule has 4 atom stereocenters. The quantitative estimate of drug-likeness (QED) is 0.179. The summed E-state index contributed by atoms with van der Waals surface area (Å²) in [5.41, 5.74) is -0.926. The van der Waals surface area contributed by atoms with Gasteiger partial charge >= 0.3 is 11.9 Å². The van der Waals surface area contributed by atoms with Crippen molar-refractivity contribution in [3.05, 3.63) is 35.6 Å². The lowest BCUT2D eigenvalue weighted by molar-refractivity contribution is -0.179. The summed E-state index contributed by atoms with van der Waals surface area (Å²) in [6, 6.07) is 0. The van der Waals surface area contributed by atoms with Gasteiger partial charge < -0.3 is 24.1 Å². The van der Waals surface area contributed by atoms with Crippen molar-refractivity contribution < 1.29 is 38.4 Å². The topological polar surface area (TPSA) is 108 Å². The maximum absolute atomic E-state index is 12.8. The van der Waals surface area contributed by atoms with Crippen molar-refractivity contribution in [2.45, 2.75) is 90.3 Å². The van der Waals surface area contributed by atoms with Crippen molar-refractivity contribution in [3.63, 3.8) is 0 Å². The molecule has 2 rings (SSSR count). The molecule has 0 bridgehead atoms. The molecule has 8 nitrogen and oxygen atoms in total. The molecule has 0 aromatic heterocycles. The van der Waals surface area contributed by atoms with E-state index in [1.54, 1.807) is 32.9 Å². The van der Waals surface area contributed by atoms with Crippen molar-refractivity contribution >= 4 is 17.7 Å². The minimum Gasteiger partial charge on any atom is -0.511 e. The van der Waals surface area contributed by atoms with Crippen LogP contribution >= 0.6 is 0 Å². The number of ketones is 1. The molecule has 2 aliphatic rings. The monoisotopic (exact) mass is 464 g/mol. The first-order valence-corrected chi connectivity index (χ1v) is 11.3. The molecule has 1 N–H and O–H groups in total. The van der Waals surface area contributed by atoms with Gasteiger partial charge in [0.25, 0.3) is 0 Å². The van der Waals surface area contributed by atoms with Crippen LogP contribution in [0, 0.1) is 5.92 Å². The van der Waals surface area contributed by atoms with E-state index in [9.17, 15) is 19.5 Å². The van der Waals surface area contributed by atoms with Gasteiger partial charge in [0.1, 0.15) is 23.5 Å². The molecular weight excluding hydrogens is 428 g/mol. The molecule has 0 aliphatic carbocycles. The van der Waals surface area contributed by atoms with Crippen LogP contribution in [0.15, 0.2) is 35.6 Å². The lowest BCUT2D eigenvalue weighted by Crippen LogP contribution is -2.49. The maximum Gasteiger partial charge on any atom is 0.345 e. The Morgan fingerprint density at radius 3 is 2.58 bits per heavy atom. The van der Waals surface area contributed by atoms with Crippen molar-refractivity contribution in [3.8, 4) is 0 Å². The summed E-state index contributed by atoms with van der Waals surface area (Å²) in [5, 5.41) is 10.3. The Hall–Kier alpha value is -2.45. The minimum atomic E-state index is -1.38. The third-order valence-electron chi connectivity index (χ3n) is 5.95. The number of carbonyl (C=O) groups excluding carboxylic acids is 3. The van der Waals surface area contributed by atoms with Crippen LogP contribution in [-0.4, -0.2) is 53.5 Å². The van der Waals surface area contributed by atoms with Crippen LogP contribution in [0.3, 0.4) is 0 Å². The lowest BCUT2D eigenvalue weighted by atomic mass is 9.85. The van der Waals surface area contributed by atoms with Gasteiger partial charge in [0.05, 0.1) is 7.11 Å². The first kappa shape index (κ1) is 26.8. The van der Waals surface area contributed by atoms with E-state index in [4.69, 9.17) is 18.9 Å². The molecule has 33 heavy (non-hydrogen) atoms. The van der Waals surface area contributed by atoms with Crippen LogP contribution in [0.2, 0.25) is 0 Å². The molecule has 8 heteroatoms. The number of allylic oxidation sites excluding steroid dienone is 3. The van der Waals surface area contributed by atoms with E-state index in [0.717, 1.165) is 12.0 Å². The number of methoxy groups -OCH3 is 1. The first-order chi connectivity index (χ1) is 15.4. The third kappa shape index (κ3) is 6.12. The standard InChI is InChI=1S/C25H36O8/c1-8-16(3)21-25(23(29)30-7,33-24(5,6)32-21)13-9-10-15(2)11-12-18(26)20-19(27)14-17(4)31-22(20)28/h9,13,16-17,21,26H,2,8,10-12,14H2,1,3-7H3/b13-9+,20-18+/t16-,17+,21+,25-/m0/s1. The van der Waals surface area contributed by atoms with Gasteiger partial charge in [-0.3, -0.25) is 4.79 Å². The van der Waals surface area contributed by atoms with Crippen LogP contribution in [0.1, 0.15) is 66.7 Å². The predicted octanol–water partition coefficient (Wildman–Crippen LogP) is 4.10. The number of hydrogen-bond acceptors (Lipinski definition) is 8. The van der Waals surface area contributed by atoms with Crippen LogP contribution in [0.4, 0.5) is 0 Å². The highest BCUT2D eigenvalue weighted by Crippen LogP contribution is 2.42. The molecule has 2 saturated heterocycles. The molecule has 0 aromatic carbocycles. The third-order valence-corrected chi connectivity index (χ3v) is 5.95. The Morgan fingerprint density at radius 1 is 1.33 bits per heavy atom. The summed E-state index contributed by atoms with van der Waals surface area (Å²) in [6.45, 7) is 13.2. The predicted molar refractivity (Wildman–Crippen MR) is 121 cm³/mol. The normalized spacial score (nSPS) is 29.6. The van der Waals surface area contributed by atoms with Crippen molar-refractivity contribution in [2.24, 2.45) is 5.92 Å². The second-order valence-corrected chi connectivity index (χ2v) is 9.23. The van der Waals surface area contributed by atoms with Crippen LogP contribution < -0.4 is 0 Å². The molecule has 0 radical (unpaired) electrons. The van der Waals surface area contributed by atoms with E-state index < -0.39 is 41.3 Å². The summed E-state index contributed by atoms with van der Waals surface area (Å²) < 4.78 is 22.2. The van der Waals surface area contributed by atoms with Gasteiger partial charge in [0, 0.05) is 12.8 Å². The van der Waals surface area contributed by atoms with E-state index in [2.05, 4.69) is 6.58 Å². The van der Waals surface area contributed by atoms with Gasteiger partial charge in [-0.15, -0.1) is 0 Å². The summed E-state index contributed by atoms with van der Waals surface area (Å²) in [6.07, 6.45) is 4.09. The molecule has 0 saturated carbocycles. The lowest BCUT2D eigenvalue weighted by Gasteiger charge is -2.30. The fourth-order valence-corrected chi connectivity index (χ4v) is 4.11. The average molecular weight is 465 g/mol. The molecule has 2 fully saturated rings. The van der Waals surface area contributed by atoms with Gasteiger partial charge in [-0.2, -0.15) is 0 Å². The number of esters is 2. The highest BCUT2D eigenvalue weighted by molar-refractivity contribution is 6.19. The average Bonchev–Trinajstić information content (AvgIpc) is 3.01. The highest BCUT2D eigenvalue weighted by atomic mass is 16.8. The molecule has 0 aromatic rings. The van der Waals surface area contributed by atoms with Crippen LogP contribution in [-0.2, 0) is 33.3 Å². The van der Waals surface area contributed by atoms with Gasteiger partial charge in [-0.25, -0.2) is 9.59 Å². The molecule has 2 heterocycles. The van der Waals surface area contributed by atoms with Gasteiger partial charge in [-0.05, 0) is 45.6 Å².